The average molecular weight is 1460 g/mol. The zero-order valence-electron chi connectivity index (χ0n) is 61.4. The Labute approximate surface area is 653 Å². The first-order valence-electron chi connectivity index (χ1n) is 37.3. The Morgan fingerprint density at radius 3 is 0.570 bits per heavy atom. The monoisotopic (exact) mass is 1460 g/mol. The van der Waals surface area contributed by atoms with E-state index in [0.717, 1.165) is 99.5 Å². The Kier molecular flexibility index (Phi) is 16.9. The van der Waals surface area contributed by atoms with Crippen LogP contribution in [0.3, 0.4) is 0 Å². The third-order valence-corrected chi connectivity index (χ3v) is 20.3. The predicted octanol–water partition coefficient (Wildman–Crippen LogP) is 21.6. The highest BCUT2D eigenvalue weighted by molar-refractivity contribution is 6.13. The van der Waals surface area contributed by atoms with Gasteiger partial charge in [0.2, 0.25) is 0 Å². The molecule has 0 bridgehead atoms. The maximum Gasteiger partial charge on any atom is 0.164 e. The predicted molar refractivity (Wildman–Crippen MR) is 449 cm³/mol. The second-order valence-electron chi connectivity index (χ2n) is 27.7. The van der Waals surface area contributed by atoms with Crippen LogP contribution in [0.15, 0.2) is 334 Å². The number of hydrogen-bond donors (Lipinski definition) is 0. The summed E-state index contributed by atoms with van der Waals surface area (Å²) in [5.74, 6) is 6.29. The normalized spacial score (nSPS) is 11.4. The fourth-order valence-corrected chi connectivity index (χ4v) is 14.9. The van der Waals surface area contributed by atoms with Crippen molar-refractivity contribution in [2.45, 2.75) is 13.8 Å². The summed E-state index contributed by atoms with van der Waals surface area (Å²) in [6.07, 6.45) is 0. The maximum atomic E-state index is 12.9. The van der Waals surface area contributed by atoms with Crippen LogP contribution in [0, 0.1) is 25.2 Å². The molecule has 0 aliphatic rings. The molecule has 0 amide bonds. The van der Waals surface area contributed by atoms with Gasteiger partial charge in [0.15, 0.2) is 75.7 Å². The van der Waals surface area contributed by atoms with Gasteiger partial charge in [-0.1, -0.05) is 291 Å². The SMILES string of the molecule is Cc1cc(C)nc(-c2cc(-n3c4cc(-c5nc(-c6ccccc6)nc(-c6ccccc6)n5)ccc4c4ccc(-c5nc(-c6ccccc6)nc(-c6ccccc6)n5)cc43)c(C#N)c(-n3c4cc(-c5nc(-c6ccccc6)nc(-c6ccccc6)n5)ccc4c4ccc(-c5nc(-c6ccccc6)nc(-c6ccccc6)n5)cc43)c2)n1. The molecular formula is C97H61N17. The third kappa shape index (κ3) is 12.6. The first kappa shape index (κ1) is 67.4. The summed E-state index contributed by atoms with van der Waals surface area (Å²) in [5, 5.41) is 16.4. The molecule has 17 heteroatoms. The number of nitriles is 1. The minimum absolute atomic E-state index is 0.305. The van der Waals surface area contributed by atoms with Crippen molar-refractivity contribution in [3.63, 3.8) is 0 Å². The molecule has 20 rings (SSSR count). The Morgan fingerprint density at radius 2 is 0.377 bits per heavy atom. The van der Waals surface area contributed by atoms with Crippen molar-refractivity contribution in [3.05, 3.63) is 351 Å². The van der Waals surface area contributed by atoms with Gasteiger partial charge in [0.25, 0.3) is 0 Å². The lowest BCUT2D eigenvalue weighted by Crippen LogP contribution is -2.07. The van der Waals surface area contributed by atoms with E-state index in [4.69, 9.17) is 69.8 Å². The standard InChI is InChI=1S/C97H61N17/c1-59-51-60(2)100-97(99-59)73-56-83(113-79-52-69(93-105-85(61-27-11-3-12-28-61)101-86(106-93)62-29-13-4-14-30-62)43-47-74(79)75-48-44-70(53-80(75)113)94-107-87(63-31-15-5-16-32-63)102-88(108-94)64-33-17-6-18-34-64)78(58-98)84(57-73)114-81-54-71(95-109-89(65-35-19-7-20-36-65)103-90(110-95)66-37-21-8-22-38-66)45-49-76(81)77-50-46-72(55-82(77)114)96-111-91(67-39-23-9-24-40-67)104-92(112-96)68-41-25-10-26-42-68/h3-57H,1-2H3. The van der Waals surface area contributed by atoms with E-state index in [1.807, 2.05) is 275 Å². The molecule has 7 heterocycles. The van der Waals surface area contributed by atoms with Crippen LogP contribution >= 0.6 is 0 Å². The van der Waals surface area contributed by atoms with Crippen molar-refractivity contribution in [3.8, 4) is 165 Å². The highest BCUT2D eigenvalue weighted by atomic mass is 15.1. The lowest BCUT2D eigenvalue weighted by molar-refractivity contribution is 1.05. The molecule has 534 valence electrons. The summed E-state index contributed by atoms with van der Waals surface area (Å²) >= 11 is 0. The number of benzene rings is 13. The number of aromatic nitrogens is 16. The molecule has 0 aliphatic heterocycles. The second-order valence-corrected chi connectivity index (χ2v) is 27.7. The largest absolute Gasteiger partial charge is 0.308 e. The molecule has 0 spiro atoms. The number of fused-ring (bicyclic) bond motifs is 6. The summed E-state index contributed by atoms with van der Waals surface area (Å²) in [6, 6.07) is 114. The summed E-state index contributed by atoms with van der Waals surface area (Å²) in [7, 11) is 0. The van der Waals surface area contributed by atoms with Gasteiger partial charge in [-0.25, -0.2) is 69.8 Å². The third-order valence-electron chi connectivity index (χ3n) is 20.3. The topological polar surface area (TPSA) is 214 Å². The Hall–Kier alpha value is -15.9. The van der Waals surface area contributed by atoms with E-state index in [2.05, 4.69) is 88.0 Å². The molecule has 7 aromatic heterocycles. The Morgan fingerprint density at radius 1 is 0.193 bits per heavy atom. The van der Waals surface area contributed by atoms with Crippen LogP contribution in [0.1, 0.15) is 17.0 Å². The number of hydrogen-bond acceptors (Lipinski definition) is 15. The van der Waals surface area contributed by atoms with Crippen LogP contribution < -0.4 is 0 Å². The molecule has 20 aromatic rings. The average Bonchev–Trinajstić information content (AvgIpc) is 1.55. The van der Waals surface area contributed by atoms with Crippen molar-refractivity contribution in [2.24, 2.45) is 0 Å². The molecular weight excluding hydrogens is 1400 g/mol. The molecule has 0 aliphatic carbocycles. The number of aryl methyl sites for hydroxylation is 2. The molecule has 114 heavy (non-hydrogen) atoms. The van der Waals surface area contributed by atoms with Gasteiger partial charge >= 0.3 is 0 Å². The molecule has 0 radical (unpaired) electrons. The zero-order valence-corrected chi connectivity index (χ0v) is 61.4. The van der Waals surface area contributed by atoms with Crippen molar-refractivity contribution >= 4 is 43.6 Å². The second kappa shape index (κ2) is 28.6. The molecule has 13 aromatic carbocycles. The van der Waals surface area contributed by atoms with Crippen molar-refractivity contribution in [1.29, 1.82) is 5.26 Å². The van der Waals surface area contributed by atoms with Crippen LogP contribution in [0.4, 0.5) is 0 Å². The first-order chi connectivity index (χ1) is 56.2. The quantitative estimate of drug-likeness (QED) is 0.0933. The maximum absolute atomic E-state index is 12.9. The van der Waals surface area contributed by atoms with E-state index in [-0.39, 0.29) is 0 Å². The highest BCUT2D eigenvalue weighted by Crippen LogP contribution is 2.44. The van der Waals surface area contributed by atoms with E-state index < -0.39 is 0 Å². The van der Waals surface area contributed by atoms with Crippen LogP contribution in [0.25, 0.3) is 203 Å². The van der Waals surface area contributed by atoms with Crippen molar-refractivity contribution in [2.75, 3.05) is 0 Å². The lowest BCUT2D eigenvalue weighted by atomic mass is 10.0. The molecule has 0 unspecified atom stereocenters. The van der Waals surface area contributed by atoms with Crippen LogP contribution in [0.5, 0.6) is 0 Å². The molecule has 0 saturated carbocycles. The lowest BCUT2D eigenvalue weighted by Gasteiger charge is -2.19. The molecule has 0 atom stereocenters. The first-order valence-corrected chi connectivity index (χ1v) is 37.3. The van der Waals surface area contributed by atoms with E-state index >= 15 is 0 Å². The van der Waals surface area contributed by atoms with E-state index in [9.17, 15) is 5.26 Å². The number of nitrogens with zero attached hydrogens (tertiary/aromatic N) is 17. The summed E-state index contributed by atoms with van der Waals surface area (Å²) in [4.78, 5) is 73.1. The van der Waals surface area contributed by atoms with Gasteiger partial charge in [-0.3, -0.25) is 0 Å². The van der Waals surface area contributed by atoms with Gasteiger partial charge in [0.05, 0.1) is 33.4 Å². The zero-order chi connectivity index (χ0) is 76.2. The van der Waals surface area contributed by atoms with Gasteiger partial charge in [-0.15, -0.1) is 0 Å². The smallest absolute Gasteiger partial charge is 0.164 e. The summed E-state index contributed by atoms with van der Waals surface area (Å²) < 4.78 is 4.35. The van der Waals surface area contributed by atoms with Gasteiger partial charge in [0.1, 0.15) is 11.6 Å². The Balaban J connectivity index is 0.897. The van der Waals surface area contributed by atoms with E-state index in [0.29, 0.717) is 120 Å². The van der Waals surface area contributed by atoms with Gasteiger partial charge in [-0.05, 0) is 56.3 Å². The van der Waals surface area contributed by atoms with Gasteiger partial charge in [0, 0.05) is 105 Å². The highest BCUT2D eigenvalue weighted by Gasteiger charge is 2.28. The molecule has 0 N–H and O–H groups in total. The summed E-state index contributed by atoms with van der Waals surface area (Å²) in [5.41, 5.74) is 15.8. The Bertz CT molecular complexity index is 6150. The van der Waals surface area contributed by atoms with Crippen LogP contribution in [-0.4, -0.2) is 78.9 Å². The van der Waals surface area contributed by atoms with Crippen LogP contribution in [0.2, 0.25) is 0 Å². The minimum atomic E-state index is 0.305. The number of rotatable bonds is 15. The van der Waals surface area contributed by atoms with E-state index in [1.54, 1.807) is 0 Å². The molecule has 0 saturated heterocycles. The fraction of sp³-hybridized carbons (Fsp3) is 0.0206. The van der Waals surface area contributed by atoms with Crippen molar-refractivity contribution < 1.29 is 0 Å². The minimum Gasteiger partial charge on any atom is -0.308 e. The molecule has 0 fully saturated rings. The van der Waals surface area contributed by atoms with E-state index in [1.165, 1.54) is 0 Å². The van der Waals surface area contributed by atoms with Gasteiger partial charge in [-0.2, -0.15) is 5.26 Å². The van der Waals surface area contributed by atoms with Gasteiger partial charge < -0.3 is 9.13 Å². The van der Waals surface area contributed by atoms with Crippen molar-refractivity contribution in [1.82, 2.24) is 78.9 Å². The fourth-order valence-electron chi connectivity index (χ4n) is 14.9. The summed E-state index contributed by atoms with van der Waals surface area (Å²) in [6.45, 7) is 3.94. The van der Waals surface area contributed by atoms with Crippen LogP contribution in [-0.2, 0) is 0 Å². The molecule has 17 nitrogen and oxygen atoms in total.